The number of ether oxygens (including phenoxy) is 1. The number of carbonyl (C=O) groups is 2. The molecule has 0 atom stereocenters. The van der Waals surface area contributed by atoms with Crippen LogP contribution in [0.5, 0.6) is 0 Å². The van der Waals surface area contributed by atoms with Gasteiger partial charge < -0.3 is 9.84 Å². The molecule has 0 aromatic heterocycles. The van der Waals surface area contributed by atoms with Crippen molar-refractivity contribution in [3.63, 3.8) is 0 Å². The molecule has 0 amide bonds. The van der Waals surface area contributed by atoms with E-state index in [0.717, 1.165) is 18.2 Å². The van der Waals surface area contributed by atoms with Crippen LogP contribution in [0.3, 0.4) is 0 Å². The third-order valence-electron chi connectivity index (χ3n) is 2.20. The normalized spacial score (nSPS) is 10.7. The predicted octanol–water partition coefficient (Wildman–Crippen LogP) is 2.63. The molecule has 19 heavy (non-hydrogen) atoms. The van der Waals surface area contributed by atoms with Gasteiger partial charge in [-0.25, -0.2) is 13.6 Å². The maximum absolute atomic E-state index is 13.5. The molecule has 0 aliphatic carbocycles. The molecular weight excluding hydrogens is 258 g/mol. The number of benzene rings is 1. The molecular formula is C13H12F2O4. The van der Waals surface area contributed by atoms with Crippen molar-refractivity contribution in [1.29, 1.82) is 0 Å². The number of hydrogen-bond donors (Lipinski definition) is 1. The average Bonchev–Trinajstić information content (AvgIpc) is 2.32. The van der Waals surface area contributed by atoms with Crippen molar-refractivity contribution in [2.75, 3.05) is 6.61 Å². The van der Waals surface area contributed by atoms with Gasteiger partial charge in [0.2, 0.25) is 0 Å². The van der Waals surface area contributed by atoms with Crippen LogP contribution in [-0.4, -0.2) is 23.7 Å². The standard InChI is InChI=1S/C13H12F2O4/c1-2-19-12(16)5-3-4-9-10(14)6-8(13(17)18)7-11(9)15/h3-4,6-7H,2,5H2,1H3,(H,17,18). The Morgan fingerprint density at radius 2 is 1.89 bits per heavy atom. The number of carbonyl (C=O) groups excluding carboxylic acids is 1. The quantitative estimate of drug-likeness (QED) is 0.835. The highest BCUT2D eigenvalue weighted by Crippen LogP contribution is 2.17. The lowest BCUT2D eigenvalue weighted by atomic mass is 10.1. The highest BCUT2D eigenvalue weighted by molar-refractivity contribution is 5.88. The minimum atomic E-state index is -1.42. The molecule has 0 fully saturated rings. The Hall–Kier alpha value is -2.24. The van der Waals surface area contributed by atoms with Crippen molar-refractivity contribution in [1.82, 2.24) is 0 Å². The fourth-order valence-corrected chi connectivity index (χ4v) is 1.36. The Morgan fingerprint density at radius 1 is 1.32 bits per heavy atom. The third kappa shape index (κ3) is 4.17. The van der Waals surface area contributed by atoms with Gasteiger partial charge in [0.25, 0.3) is 0 Å². The molecule has 1 rings (SSSR count). The van der Waals surface area contributed by atoms with E-state index in [1.165, 1.54) is 6.08 Å². The topological polar surface area (TPSA) is 63.6 Å². The van der Waals surface area contributed by atoms with Gasteiger partial charge in [0, 0.05) is 5.56 Å². The van der Waals surface area contributed by atoms with Crippen molar-refractivity contribution in [2.45, 2.75) is 13.3 Å². The van der Waals surface area contributed by atoms with Gasteiger partial charge in [-0.2, -0.15) is 0 Å². The number of halogens is 2. The van der Waals surface area contributed by atoms with Gasteiger partial charge in [0.15, 0.2) is 0 Å². The van der Waals surface area contributed by atoms with E-state index in [1.54, 1.807) is 6.92 Å². The van der Waals surface area contributed by atoms with E-state index in [0.29, 0.717) is 0 Å². The van der Waals surface area contributed by atoms with Crippen LogP contribution in [0.15, 0.2) is 18.2 Å². The Morgan fingerprint density at radius 3 is 2.37 bits per heavy atom. The summed E-state index contributed by atoms with van der Waals surface area (Å²) in [6.45, 7) is 1.87. The highest BCUT2D eigenvalue weighted by Gasteiger charge is 2.12. The molecule has 1 N–H and O–H groups in total. The smallest absolute Gasteiger partial charge is 0.335 e. The molecule has 0 saturated heterocycles. The van der Waals surface area contributed by atoms with E-state index in [9.17, 15) is 18.4 Å². The second kappa shape index (κ2) is 6.63. The first-order valence-electron chi connectivity index (χ1n) is 5.50. The summed E-state index contributed by atoms with van der Waals surface area (Å²) in [6.07, 6.45) is 2.21. The van der Waals surface area contributed by atoms with Gasteiger partial charge in [-0.1, -0.05) is 12.2 Å². The third-order valence-corrected chi connectivity index (χ3v) is 2.20. The summed E-state index contributed by atoms with van der Waals surface area (Å²) in [4.78, 5) is 21.6. The van der Waals surface area contributed by atoms with E-state index in [-0.39, 0.29) is 13.0 Å². The van der Waals surface area contributed by atoms with Crippen molar-refractivity contribution >= 4 is 18.0 Å². The Bertz CT molecular complexity index is 500. The zero-order chi connectivity index (χ0) is 14.4. The molecule has 0 heterocycles. The fraction of sp³-hybridized carbons (Fsp3) is 0.231. The SMILES string of the molecule is CCOC(=O)CC=Cc1c(F)cc(C(=O)O)cc1F. The molecule has 0 unspecified atom stereocenters. The number of aromatic carboxylic acids is 1. The minimum absolute atomic E-state index is 0.118. The molecule has 0 spiro atoms. The lowest BCUT2D eigenvalue weighted by Crippen LogP contribution is -2.02. The van der Waals surface area contributed by atoms with E-state index < -0.39 is 34.7 Å². The zero-order valence-corrected chi connectivity index (χ0v) is 10.2. The van der Waals surface area contributed by atoms with E-state index in [2.05, 4.69) is 4.74 Å². The molecule has 1 aromatic rings. The molecule has 6 heteroatoms. The first-order valence-corrected chi connectivity index (χ1v) is 5.50. The van der Waals surface area contributed by atoms with E-state index in [4.69, 9.17) is 5.11 Å². The lowest BCUT2D eigenvalue weighted by molar-refractivity contribution is -0.142. The van der Waals surface area contributed by atoms with E-state index >= 15 is 0 Å². The first-order chi connectivity index (χ1) is 8.95. The van der Waals surface area contributed by atoms with Crippen LogP contribution >= 0.6 is 0 Å². The number of esters is 1. The molecule has 1 aromatic carbocycles. The van der Waals surface area contributed by atoms with Gasteiger partial charge in [0.1, 0.15) is 11.6 Å². The van der Waals surface area contributed by atoms with Crippen LogP contribution in [-0.2, 0) is 9.53 Å². The maximum Gasteiger partial charge on any atom is 0.335 e. The lowest BCUT2D eigenvalue weighted by Gasteiger charge is -2.02. The van der Waals surface area contributed by atoms with Crippen LogP contribution in [0, 0.1) is 11.6 Å². The van der Waals surface area contributed by atoms with Crippen molar-refractivity contribution < 1.29 is 28.2 Å². The number of carboxylic acids is 1. The van der Waals surface area contributed by atoms with Gasteiger partial charge in [0.05, 0.1) is 18.6 Å². The van der Waals surface area contributed by atoms with Gasteiger partial charge >= 0.3 is 11.9 Å². The van der Waals surface area contributed by atoms with Crippen LogP contribution in [0.2, 0.25) is 0 Å². The molecule has 0 radical (unpaired) electrons. The number of hydrogen-bond acceptors (Lipinski definition) is 3. The van der Waals surface area contributed by atoms with Gasteiger partial charge in [-0.15, -0.1) is 0 Å². The minimum Gasteiger partial charge on any atom is -0.478 e. The predicted molar refractivity (Wildman–Crippen MR) is 63.6 cm³/mol. The molecule has 0 bridgehead atoms. The van der Waals surface area contributed by atoms with Crippen LogP contribution < -0.4 is 0 Å². The van der Waals surface area contributed by atoms with Crippen molar-refractivity contribution in [3.05, 3.63) is 41.0 Å². The highest BCUT2D eigenvalue weighted by atomic mass is 19.1. The molecule has 0 aliphatic heterocycles. The molecule has 0 aliphatic rings. The first kappa shape index (κ1) is 14.8. The summed E-state index contributed by atoms with van der Waals surface area (Å²) in [5, 5.41) is 8.62. The summed E-state index contributed by atoms with van der Waals surface area (Å²) in [7, 11) is 0. The Kier molecular flexibility index (Phi) is 5.17. The largest absolute Gasteiger partial charge is 0.478 e. The van der Waals surface area contributed by atoms with Crippen LogP contribution in [0.4, 0.5) is 8.78 Å². The summed E-state index contributed by atoms with van der Waals surface area (Å²) < 4.78 is 31.6. The van der Waals surface area contributed by atoms with Crippen LogP contribution in [0.1, 0.15) is 29.3 Å². The van der Waals surface area contributed by atoms with Crippen LogP contribution in [0.25, 0.3) is 6.08 Å². The molecule has 4 nitrogen and oxygen atoms in total. The summed E-state index contributed by atoms with van der Waals surface area (Å²) in [6, 6.07) is 1.44. The van der Waals surface area contributed by atoms with Gasteiger partial charge in [-0.05, 0) is 19.1 Å². The van der Waals surface area contributed by atoms with Gasteiger partial charge in [-0.3, -0.25) is 4.79 Å². The Labute approximate surface area is 108 Å². The van der Waals surface area contributed by atoms with Crippen molar-refractivity contribution in [2.24, 2.45) is 0 Å². The monoisotopic (exact) mass is 270 g/mol. The molecule has 0 saturated carbocycles. The van der Waals surface area contributed by atoms with Crippen molar-refractivity contribution in [3.8, 4) is 0 Å². The Balaban J connectivity index is 2.87. The maximum atomic E-state index is 13.5. The summed E-state index contributed by atoms with van der Waals surface area (Å²) in [5.41, 5.74) is -0.869. The zero-order valence-electron chi connectivity index (χ0n) is 10.2. The number of carboxylic acid groups (broad SMARTS) is 1. The average molecular weight is 270 g/mol. The summed E-state index contributed by atoms with van der Waals surface area (Å²) >= 11 is 0. The summed E-state index contributed by atoms with van der Waals surface area (Å²) in [5.74, 6) is -3.93. The number of rotatable bonds is 5. The fourth-order valence-electron chi connectivity index (χ4n) is 1.36. The van der Waals surface area contributed by atoms with E-state index in [1.807, 2.05) is 0 Å². The molecule has 102 valence electrons. The second-order valence-electron chi connectivity index (χ2n) is 3.57. The second-order valence-corrected chi connectivity index (χ2v) is 3.57.